The van der Waals surface area contributed by atoms with E-state index in [4.69, 9.17) is 5.73 Å². The van der Waals surface area contributed by atoms with E-state index in [9.17, 15) is 14.7 Å². The van der Waals surface area contributed by atoms with Crippen molar-refractivity contribution >= 4 is 17.6 Å². The third kappa shape index (κ3) is 3.65. The number of carbonyl (C=O) groups excluding carboxylic acids is 2. The lowest BCUT2D eigenvalue weighted by Crippen LogP contribution is -2.34. The number of carbonyl (C=O) groups is 2. The van der Waals surface area contributed by atoms with Gasteiger partial charge < -0.3 is 20.9 Å². The quantitative estimate of drug-likeness (QED) is 0.415. The molecule has 1 aromatic carbocycles. The normalized spacial score (nSPS) is 11.7. The predicted octanol–water partition coefficient (Wildman–Crippen LogP) is 0.656. The summed E-state index contributed by atoms with van der Waals surface area (Å²) >= 11 is 0. The molecule has 0 saturated heterocycles. The molecule has 0 aliphatic carbocycles. The number of rotatable bonds is 4. The number of nitrogens with two attached hydrogens (primary N) is 1. The zero-order valence-electron chi connectivity index (χ0n) is 10.3. The van der Waals surface area contributed by atoms with Gasteiger partial charge in [-0.25, -0.2) is 0 Å². The van der Waals surface area contributed by atoms with Crippen LogP contribution < -0.4 is 11.1 Å². The minimum absolute atomic E-state index is 0.0865. The van der Waals surface area contributed by atoms with Gasteiger partial charge in [-0.3, -0.25) is 9.59 Å². The third-order valence-corrected chi connectivity index (χ3v) is 2.37. The van der Waals surface area contributed by atoms with Crippen molar-refractivity contribution in [3.63, 3.8) is 0 Å². The number of benzene rings is 1. The molecule has 0 saturated carbocycles. The molecule has 0 aliphatic rings. The van der Waals surface area contributed by atoms with Gasteiger partial charge in [-0.2, -0.15) is 0 Å². The summed E-state index contributed by atoms with van der Waals surface area (Å²) in [7, 11) is 1.29. The summed E-state index contributed by atoms with van der Waals surface area (Å²) in [6.45, 7) is 1.69. The molecule has 18 heavy (non-hydrogen) atoms. The van der Waals surface area contributed by atoms with Gasteiger partial charge in [0.05, 0.1) is 19.2 Å². The maximum Gasteiger partial charge on any atom is 0.307 e. The summed E-state index contributed by atoms with van der Waals surface area (Å²) < 4.78 is 4.50. The van der Waals surface area contributed by atoms with Gasteiger partial charge in [0.2, 0.25) is 0 Å². The molecule has 0 aliphatic heterocycles. The van der Waals surface area contributed by atoms with Crippen molar-refractivity contribution in [3.8, 4) is 5.75 Å². The Balaban J connectivity index is 2.64. The number of methoxy groups -OCH3 is 1. The van der Waals surface area contributed by atoms with Crippen LogP contribution in [-0.4, -0.2) is 30.1 Å². The Morgan fingerprint density at radius 3 is 2.72 bits per heavy atom. The molecule has 1 amide bonds. The number of phenols is 1. The maximum atomic E-state index is 11.8. The van der Waals surface area contributed by atoms with E-state index in [-0.39, 0.29) is 35.4 Å². The van der Waals surface area contributed by atoms with Crippen molar-refractivity contribution in [2.24, 2.45) is 0 Å². The summed E-state index contributed by atoms with van der Waals surface area (Å²) in [4.78, 5) is 22.8. The van der Waals surface area contributed by atoms with Crippen LogP contribution in [0, 0.1) is 0 Å². The van der Waals surface area contributed by atoms with Crippen molar-refractivity contribution in [2.45, 2.75) is 19.4 Å². The molecule has 0 radical (unpaired) electrons. The van der Waals surface area contributed by atoms with Crippen molar-refractivity contribution in [2.75, 3.05) is 12.8 Å². The van der Waals surface area contributed by atoms with Gasteiger partial charge in [-0.15, -0.1) is 0 Å². The Hall–Kier alpha value is -2.24. The Morgan fingerprint density at radius 1 is 1.50 bits per heavy atom. The molecule has 0 fully saturated rings. The van der Waals surface area contributed by atoms with Gasteiger partial charge in [0.15, 0.2) is 0 Å². The first-order valence-electron chi connectivity index (χ1n) is 5.40. The zero-order valence-corrected chi connectivity index (χ0v) is 10.3. The highest BCUT2D eigenvalue weighted by atomic mass is 16.5. The van der Waals surface area contributed by atoms with E-state index in [0.717, 1.165) is 0 Å². The monoisotopic (exact) mass is 252 g/mol. The van der Waals surface area contributed by atoms with Gasteiger partial charge in [-0.1, -0.05) is 0 Å². The van der Waals surface area contributed by atoms with Crippen LogP contribution in [0.25, 0.3) is 0 Å². The van der Waals surface area contributed by atoms with Crippen LogP contribution in [0.5, 0.6) is 5.75 Å². The Kier molecular flexibility index (Phi) is 4.53. The number of hydrogen-bond acceptors (Lipinski definition) is 5. The first-order chi connectivity index (χ1) is 8.43. The van der Waals surface area contributed by atoms with Crippen LogP contribution in [0.15, 0.2) is 18.2 Å². The second-order valence-corrected chi connectivity index (χ2v) is 3.93. The Morgan fingerprint density at radius 2 is 2.17 bits per heavy atom. The number of anilines is 1. The number of nitrogens with one attached hydrogen (secondary N) is 1. The predicted molar refractivity (Wildman–Crippen MR) is 66.1 cm³/mol. The van der Waals surface area contributed by atoms with Gasteiger partial charge in [0, 0.05) is 11.6 Å². The fraction of sp³-hybridized carbons (Fsp3) is 0.333. The van der Waals surface area contributed by atoms with E-state index in [1.165, 1.54) is 25.3 Å². The number of ether oxygens (including phenoxy) is 1. The lowest BCUT2D eigenvalue weighted by molar-refractivity contribution is -0.141. The molecule has 1 rings (SSSR count). The van der Waals surface area contributed by atoms with Crippen molar-refractivity contribution < 1.29 is 19.4 Å². The average Bonchev–Trinajstić information content (AvgIpc) is 2.32. The molecular weight excluding hydrogens is 236 g/mol. The molecule has 0 heterocycles. The van der Waals surface area contributed by atoms with Crippen molar-refractivity contribution in [1.82, 2.24) is 5.32 Å². The maximum absolute atomic E-state index is 11.8. The highest BCUT2D eigenvalue weighted by Crippen LogP contribution is 2.20. The minimum atomic E-state index is -0.400. The molecule has 1 atom stereocenters. The largest absolute Gasteiger partial charge is 0.506 e. The smallest absolute Gasteiger partial charge is 0.307 e. The first kappa shape index (κ1) is 13.8. The second-order valence-electron chi connectivity index (χ2n) is 3.93. The zero-order chi connectivity index (χ0) is 13.7. The SMILES string of the molecule is COC(=O)CC(C)NC(=O)c1ccc(N)c(O)c1. The summed E-state index contributed by atoms with van der Waals surface area (Å²) in [6.07, 6.45) is 0.0865. The van der Waals surface area contributed by atoms with Crippen LogP contribution >= 0.6 is 0 Å². The van der Waals surface area contributed by atoms with E-state index in [1.807, 2.05) is 0 Å². The molecule has 0 aromatic heterocycles. The molecule has 98 valence electrons. The number of phenolic OH excluding ortho intramolecular Hbond substituents is 1. The highest BCUT2D eigenvalue weighted by Gasteiger charge is 2.14. The molecule has 4 N–H and O–H groups in total. The summed E-state index contributed by atoms with van der Waals surface area (Å²) in [5, 5.41) is 12.0. The summed E-state index contributed by atoms with van der Waals surface area (Å²) in [5.74, 6) is -0.937. The van der Waals surface area contributed by atoms with E-state index in [0.29, 0.717) is 0 Å². The van der Waals surface area contributed by atoms with Gasteiger partial charge in [-0.05, 0) is 25.1 Å². The molecule has 1 unspecified atom stereocenters. The number of aromatic hydroxyl groups is 1. The molecule has 0 spiro atoms. The van der Waals surface area contributed by atoms with Crippen LogP contribution in [-0.2, 0) is 9.53 Å². The molecule has 6 nitrogen and oxygen atoms in total. The first-order valence-corrected chi connectivity index (χ1v) is 5.40. The van der Waals surface area contributed by atoms with Crippen LogP contribution in [0.3, 0.4) is 0 Å². The lowest BCUT2D eigenvalue weighted by atomic mass is 10.1. The summed E-state index contributed by atoms with van der Waals surface area (Å²) in [6, 6.07) is 3.85. The molecule has 1 aromatic rings. The van der Waals surface area contributed by atoms with Crippen molar-refractivity contribution in [3.05, 3.63) is 23.8 Å². The number of hydrogen-bond donors (Lipinski definition) is 3. The minimum Gasteiger partial charge on any atom is -0.506 e. The van der Waals surface area contributed by atoms with Gasteiger partial charge >= 0.3 is 5.97 Å². The van der Waals surface area contributed by atoms with Crippen LogP contribution in [0.2, 0.25) is 0 Å². The van der Waals surface area contributed by atoms with Crippen LogP contribution in [0.1, 0.15) is 23.7 Å². The Bertz CT molecular complexity index is 459. The van der Waals surface area contributed by atoms with Crippen molar-refractivity contribution in [1.29, 1.82) is 0 Å². The van der Waals surface area contributed by atoms with Gasteiger partial charge in [0.1, 0.15) is 5.75 Å². The Labute approximate surface area is 105 Å². The van der Waals surface area contributed by atoms with E-state index in [2.05, 4.69) is 10.1 Å². The molecule has 0 bridgehead atoms. The van der Waals surface area contributed by atoms with E-state index < -0.39 is 5.97 Å². The number of nitrogen functional groups attached to an aromatic ring is 1. The fourth-order valence-electron chi connectivity index (χ4n) is 1.38. The average molecular weight is 252 g/mol. The number of esters is 1. The lowest BCUT2D eigenvalue weighted by Gasteiger charge is -2.12. The van der Waals surface area contributed by atoms with Gasteiger partial charge in [0.25, 0.3) is 5.91 Å². The van der Waals surface area contributed by atoms with Crippen LogP contribution in [0.4, 0.5) is 5.69 Å². The topological polar surface area (TPSA) is 102 Å². The van der Waals surface area contributed by atoms with E-state index in [1.54, 1.807) is 6.92 Å². The third-order valence-electron chi connectivity index (χ3n) is 2.37. The summed E-state index contributed by atoms with van der Waals surface area (Å²) in [5.41, 5.74) is 5.91. The highest BCUT2D eigenvalue weighted by molar-refractivity contribution is 5.95. The molecule has 6 heteroatoms. The number of amides is 1. The van der Waals surface area contributed by atoms with E-state index >= 15 is 0 Å². The second kappa shape index (κ2) is 5.90. The fourth-order valence-corrected chi connectivity index (χ4v) is 1.38. The molecular formula is C12H16N2O4. The standard InChI is InChI=1S/C12H16N2O4/c1-7(5-11(16)18-2)14-12(17)8-3-4-9(13)10(15)6-8/h3-4,6-7,15H,5,13H2,1-2H3,(H,14,17).